The van der Waals surface area contributed by atoms with Gasteiger partial charge in [0.05, 0.1) is 19.6 Å². The van der Waals surface area contributed by atoms with Gasteiger partial charge < -0.3 is 19.0 Å². The smallest absolute Gasteiger partial charge is 0.496 e. The first-order chi connectivity index (χ1) is 13.2. The number of aliphatic hydroxyl groups is 1. The normalized spacial score (nSPS) is 12.6. The van der Waals surface area contributed by atoms with E-state index in [0.29, 0.717) is 28.5 Å². The molecule has 0 aliphatic rings. The van der Waals surface area contributed by atoms with Crippen LogP contribution in [0.5, 0.6) is 11.5 Å². The molecule has 0 radical (unpaired) electrons. The summed E-state index contributed by atoms with van der Waals surface area (Å²) in [6.45, 7) is 1.65. The molecule has 148 valence electrons. The summed E-state index contributed by atoms with van der Waals surface area (Å²) in [6, 6.07) is 10.8. The van der Waals surface area contributed by atoms with Crippen molar-refractivity contribution in [1.82, 2.24) is 10.2 Å². The number of nitrogens with zero attached hydrogens (tertiary/aromatic N) is 2. The van der Waals surface area contributed by atoms with E-state index in [2.05, 4.69) is 14.9 Å². The van der Waals surface area contributed by atoms with Gasteiger partial charge in [-0.25, -0.2) is 0 Å². The van der Waals surface area contributed by atoms with Gasteiger partial charge in [0, 0.05) is 18.6 Å². The Labute approximate surface area is 158 Å². The molecule has 0 aliphatic carbocycles. The Morgan fingerprint density at radius 1 is 1.14 bits per heavy atom. The van der Waals surface area contributed by atoms with Crippen molar-refractivity contribution in [3.63, 3.8) is 0 Å². The number of aliphatic hydroxyl groups excluding tert-OH is 1. The summed E-state index contributed by atoms with van der Waals surface area (Å²) in [4.78, 5) is 0. The number of ether oxygens (including phenoxy) is 2. The number of benzene rings is 2. The highest BCUT2D eigenvalue weighted by Crippen LogP contribution is 2.36. The first kappa shape index (κ1) is 19.7. The Morgan fingerprint density at radius 2 is 1.93 bits per heavy atom. The largest absolute Gasteiger partial charge is 0.573 e. The van der Waals surface area contributed by atoms with Crippen LogP contribution in [0.25, 0.3) is 11.1 Å². The van der Waals surface area contributed by atoms with E-state index in [-0.39, 0.29) is 17.9 Å². The van der Waals surface area contributed by atoms with Crippen LogP contribution in [0.15, 0.2) is 46.9 Å². The fourth-order valence-corrected chi connectivity index (χ4v) is 2.72. The second kappa shape index (κ2) is 7.89. The maximum Gasteiger partial charge on any atom is 0.573 e. The summed E-state index contributed by atoms with van der Waals surface area (Å²) in [7, 11) is 1.35. The lowest BCUT2D eigenvalue weighted by Gasteiger charge is -2.15. The third-order valence-corrected chi connectivity index (χ3v) is 3.92. The molecule has 0 amide bonds. The monoisotopic (exact) mass is 394 g/mol. The molecule has 0 saturated carbocycles. The van der Waals surface area contributed by atoms with Crippen LogP contribution in [0.2, 0.25) is 0 Å². The summed E-state index contributed by atoms with van der Waals surface area (Å²) >= 11 is 0. The van der Waals surface area contributed by atoms with Crippen molar-refractivity contribution in [2.75, 3.05) is 7.11 Å². The van der Waals surface area contributed by atoms with Gasteiger partial charge in [-0.2, -0.15) is 0 Å². The molecule has 1 atom stereocenters. The van der Waals surface area contributed by atoms with Gasteiger partial charge in [-0.05, 0) is 29.3 Å². The molecule has 1 aromatic heterocycles. The molecular formula is C19H17F3N2O4. The number of hydrogen-bond acceptors (Lipinski definition) is 6. The molecule has 1 heterocycles. The standard InChI is InChI=1S/C19H17F3N2O4/c1-11-23-24-18(27-11)10-16(25)13-5-3-4-12(8-13)15-7-6-14(9-17(15)26-2)28-19(20,21)22/h3-9,16,25H,10H2,1-2H3. The Balaban J connectivity index is 1.86. The molecule has 6 nitrogen and oxygen atoms in total. The number of aromatic nitrogens is 2. The lowest BCUT2D eigenvalue weighted by atomic mass is 9.98. The lowest BCUT2D eigenvalue weighted by molar-refractivity contribution is -0.274. The quantitative estimate of drug-likeness (QED) is 0.674. The molecule has 1 N–H and O–H groups in total. The van der Waals surface area contributed by atoms with E-state index in [9.17, 15) is 18.3 Å². The van der Waals surface area contributed by atoms with E-state index in [1.165, 1.54) is 19.2 Å². The SMILES string of the molecule is COc1cc(OC(F)(F)F)ccc1-c1cccc(C(O)Cc2nnc(C)o2)c1. The third-order valence-electron chi connectivity index (χ3n) is 3.92. The topological polar surface area (TPSA) is 77.6 Å². The molecule has 3 rings (SSSR count). The van der Waals surface area contributed by atoms with E-state index >= 15 is 0 Å². The van der Waals surface area contributed by atoms with Crippen molar-refractivity contribution in [2.24, 2.45) is 0 Å². The van der Waals surface area contributed by atoms with Gasteiger partial charge in [0.1, 0.15) is 11.5 Å². The molecule has 0 fully saturated rings. The maximum absolute atomic E-state index is 12.4. The van der Waals surface area contributed by atoms with Crippen LogP contribution < -0.4 is 9.47 Å². The van der Waals surface area contributed by atoms with E-state index in [0.717, 1.165) is 6.07 Å². The molecule has 0 spiro atoms. The number of methoxy groups -OCH3 is 1. The Morgan fingerprint density at radius 3 is 2.57 bits per heavy atom. The Bertz CT molecular complexity index is 956. The van der Waals surface area contributed by atoms with Crippen molar-refractivity contribution in [3.05, 3.63) is 59.8 Å². The van der Waals surface area contributed by atoms with Crippen LogP contribution in [0.1, 0.15) is 23.4 Å². The zero-order valence-corrected chi connectivity index (χ0v) is 15.0. The summed E-state index contributed by atoms with van der Waals surface area (Å²) < 4.78 is 51.6. The number of hydrogen-bond donors (Lipinski definition) is 1. The zero-order valence-electron chi connectivity index (χ0n) is 15.0. The summed E-state index contributed by atoms with van der Waals surface area (Å²) in [5.41, 5.74) is 1.81. The van der Waals surface area contributed by atoms with Crippen molar-refractivity contribution in [3.8, 4) is 22.6 Å². The molecule has 3 aromatic rings. The van der Waals surface area contributed by atoms with E-state index in [1.54, 1.807) is 31.2 Å². The third kappa shape index (κ3) is 4.80. The van der Waals surface area contributed by atoms with Crippen LogP contribution in [-0.2, 0) is 6.42 Å². The summed E-state index contributed by atoms with van der Waals surface area (Å²) in [5.74, 6) is 0.542. The van der Waals surface area contributed by atoms with Crippen molar-refractivity contribution in [1.29, 1.82) is 0 Å². The molecule has 1 unspecified atom stereocenters. The molecule has 0 aliphatic heterocycles. The van der Waals surface area contributed by atoms with Crippen molar-refractivity contribution in [2.45, 2.75) is 25.8 Å². The van der Waals surface area contributed by atoms with Crippen LogP contribution in [-0.4, -0.2) is 28.8 Å². The maximum atomic E-state index is 12.4. The second-order valence-corrected chi connectivity index (χ2v) is 5.97. The lowest BCUT2D eigenvalue weighted by Crippen LogP contribution is -2.17. The second-order valence-electron chi connectivity index (χ2n) is 5.97. The van der Waals surface area contributed by atoms with Crippen molar-refractivity contribution < 1.29 is 32.2 Å². The summed E-state index contributed by atoms with van der Waals surface area (Å²) in [5, 5.41) is 18.0. The molecule has 2 aromatic carbocycles. The fraction of sp³-hybridized carbons (Fsp3) is 0.263. The molecule has 0 bridgehead atoms. The average Bonchev–Trinajstić information content (AvgIpc) is 3.05. The van der Waals surface area contributed by atoms with Gasteiger partial charge in [-0.15, -0.1) is 23.4 Å². The van der Waals surface area contributed by atoms with Crippen LogP contribution in [0.3, 0.4) is 0 Å². The van der Waals surface area contributed by atoms with Gasteiger partial charge in [-0.3, -0.25) is 0 Å². The number of aryl methyl sites for hydroxylation is 1. The minimum absolute atomic E-state index is 0.139. The zero-order chi connectivity index (χ0) is 20.3. The summed E-state index contributed by atoms with van der Waals surface area (Å²) in [6.07, 6.45) is -5.54. The molecule has 28 heavy (non-hydrogen) atoms. The highest BCUT2D eigenvalue weighted by Gasteiger charge is 2.31. The number of alkyl halides is 3. The van der Waals surface area contributed by atoms with Crippen LogP contribution >= 0.6 is 0 Å². The number of rotatable bonds is 6. The molecule has 9 heteroatoms. The molecule has 0 saturated heterocycles. The van der Waals surface area contributed by atoms with Crippen molar-refractivity contribution >= 4 is 0 Å². The predicted octanol–water partition coefficient (Wildman–Crippen LogP) is 4.23. The van der Waals surface area contributed by atoms with Gasteiger partial charge >= 0.3 is 6.36 Å². The number of halogens is 3. The first-order valence-corrected chi connectivity index (χ1v) is 8.26. The molecular weight excluding hydrogens is 377 g/mol. The fourth-order valence-electron chi connectivity index (χ4n) is 2.72. The van der Waals surface area contributed by atoms with Gasteiger partial charge in [0.2, 0.25) is 11.8 Å². The van der Waals surface area contributed by atoms with Crippen LogP contribution in [0.4, 0.5) is 13.2 Å². The van der Waals surface area contributed by atoms with E-state index in [4.69, 9.17) is 9.15 Å². The van der Waals surface area contributed by atoms with E-state index < -0.39 is 12.5 Å². The Kier molecular flexibility index (Phi) is 5.55. The first-order valence-electron chi connectivity index (χ1n) is 8.26. The van der Waals surface area contributed by atoms with E-state index in [1.807, 2.05) is 0 Å². The average molecular weight is 394 g/mol. The minimum atomic E-state index is -4.79. The Hall–Kier alpha value is -3.07. The van der Waals surface area contributed by atoms with Gasteiger partial charge in [-0.1, -0.05) is 18.2 Å². The highest BCUT2D eigenvalue weighted by atomic mass is 19.4. The minimum Gasteiger partial charge on any atom is -0.496 e. The van der Waals surface area contributed by atoms with Gasteiger partial charge in [0.15, 0.2) is 0 Å². The van der Waals surface area contributed by atoms with Gasteiger partial charge in [0.25, 0.3) is 0 Å². The van der Waals surface area contributed by atoms with Crippen LogP contribution in [0, 0.1) is 6.92 Å². The predicted molar refractivity (Wildman–Crippen MR) is 92.8 cm³/mol. The highest BCUT2D eigenvalue weighted by molar-refractivity contribution is 5.72.